The van der Waals surface area contributed by atoms with Crippen molar-refractivity contribution < 1.29 is 12.8 Å². The molecule has 2 rings (SSSR count). The molecule has 1 heterocycles. The summed E-state index contributed by atoms with van der Waals surface area (Å²) in [6.07, 6.45) is 0. The Bertz CT molecular complexity index is 635. The molecule has 104 valence electrons. The molecule has 1 aromatic rings. The Balaban J connectivity index is 2.45. The molecule has 0 saturated carbocycles. The largest absolute Gasteiger partial charge is 0.400 e. The van der Waals surface area contributed by atoms with Crippen LogP contribution in [0.5, 0.6) is 0 Å². The van der Waals surface area contributed by atoms with Gasteiger partial charge in [-0.15, -0.1) is 0 Å². The van der Waals surface area contributed by atoms with Crippen LogP contribution in [0.25, 0.3) is 0 Å². The third-order valence-corrected chi connectivity index (χ3v) is 5.38. The zero-order chi connectivity index (χ0) is 14.4. The second-order valence-corrected chi connectivity index (χ2v) is 7.00. The zero-order valence-electron chi connectivity index (χ0n) is 10.5. The molecular weight excluding hydrogens is 291 g/mol. The molecule has 1 aromatic carbocycles. The first-order valence-corrected chi connectivity index (χ1v) is 7.48. The van der Waals surface area contributed by atoms with E-state index in [2.05, 4.69) is 0 Å². The van der Waals surface area contributed by atoms with E-state index in [1.165, 1.54) is 18.2 Å². The Morgan fingerprint density at radius 1 is 1.42 bits per heavy atom. The van der Waals surface area contributed by atoms with Crippen LogP contribution >= 0.6 is 11.6 Å². The van der Waals surface area contributed by atoms with Gasteiger partial charge in [0.2, 0.25) is 10.0 Å². The molecule has 2 N–H and O–H groups in total. The molecule has 0 aromatic heterocycles. The minimum absolute atomic E-state index is 0.143. The third-order valence-electron chi connectivity index (χ3n) is 3.28. The van der Waals surface area contributed by atoms with Crippen molar-refractivity contribution in [3.8, 4) is 0 Å². The molecule has 1 aliphatic heterocycles. The molecule has 0 aliphatic carbocycles. The van der Waals surface area contributed by atoms with Crippen molar-refractivity contribution in [2.45, 2.75) is 25.9 Å². The van der Waals surface area contributed by atoms with Crippen molar-refractivity contribution >= 4 is 21.6 Å². The number of nitrogens with zero attached hydrogens (tertiary/aromatic N) is 1. The van der Waals surface area contributed by atoms with Crippen LogP contribution in [0.2, 0.25) is 5.02 Å². The maximum atomic E-state index is 13.8. The fourth-order valence-corrected chi connectivity index (χ4v) is 3.95. The summed E-state index contributed by atoms with van der Waals surface area (Å²) in [5.41, 5.74) is 5.19. The van der Waals surface area contributed by atoms with Crippen LogP contribution in [0, 0.1) is 5.82 Å². The number of halogens is 2. The van der Waals surface area contributed by atoms with Gasteiger partial charge in [-0.25, -0.2) is 12.8 Å². The quantitative estimate of drug-likeness (QED) is 0.911. The highest BCUT2D eigenvalue weighted by atomic mass is 35.5. The minimum Gasteiger partial charge on any atom is -0.400 e. The van der Waals surface area contributed by atoms with Crippen molar-refractivity contribution in [2.75, 3.05) is 0 Å². The first-order valence-electron chi connectivity index (χ1n) is 5.59. The number of sulfonamides is 1. The fourth-order valence-electron chi connectivity index (χ4n) is 1.94. The maximum absolute atomic E-state index is 13.8. The molecule has 0 saturated heterocycles. The molecule has 0 atom stereocenters. The standard InChI is InChI=1S/C12H14ClFN2O2S/c1-12(2)11(15)7-19(17,18)16(12)6-8-9(13)4-3-5-10(8)14/h3-5,7H,6,15H2,1-2H3. The first kappa shape index (κ1) is 14.3. The minimum atomic E-state index is -3.65. The Labute approximate surface area is 116 Å². The summed E-state index contributed by atoms with van der Waals surface area (Å²) in [7, 11) is -3.65. The summed E-state index contributed by atoms with van der Waals surface area (Å²) in [5, 5.41) is 1.19. The Kier molecular flexibility index (Phi) is 3.36. The highest BCUT2D eigenvalue weighted by molar-refractivity contribution is 7.92. The Morgan fingerprint density at radius 2 is 2.05 bits per heavy atom. The van der Waals surface area contributed by atoms with Crippen LogP contribution in [0.4, 0.5) is 4.39 Å². The van der Waals surface area contributed by atoms with Crippen LogP contribution in [0.15, 0.2) is 29.3 Å². The smallest absolute Gasteiger partial charge is 0.239 e. The average Bonchev–Trinajstić information content (AvgIpc) is 2.41. The predicted molar refractivity (Wildman–Crippen MR) is 72.2 cm³/mol. The van der Waals surface area contributed by atoms with E-state index in [0.29, 0.717) is 0 Å². The number of rotatable bonds is 2. The highest BCUT2D eigenvalue weighted by Crippen LogP contribution is 2.35. The van der Waals surface area contributed by atoms with E-state index in [0.717, 1.165) is 9.71 Å². The molecule has 0 spiro atoms. The molecule has 1 aliphatic rings. The van der Waals surface area contributed by atoms with Gasteiger partial charge in [0.15, 0.2) is 0 Å². The molecule has 0 unspecified atom stereocenters. The lowest BCUT2D eigenvalue weighted by atomic mass is 10.0. The normalized spacial score (nSPS) is 21.4. The van der Waals surface area contributed by atoms with E-state index in [1.54, 1.807) is 13.8 Å². The molecule has 7 heteroatoms. The van der Waals surface area contributed by atoms with Crippen molar-refractivity contribution in [3.63, 3.8) is 0 Å². The number of hydrogen-bond acceptors (Lipinski definition) is 3. The summed E-state index contributed by atoms with van der Waals surface area (Å²) in [4.78, 5) is 0. The van der Waals surface area contributed by atoms with Gasteiger partial charge in [0.1, 0.15) is 5.82 Å². The van der Waals surface area contributed by atoms with E-state index in [4.69, 9.17) is 17.3 Å². The van der Waals surface area contributed by atoms with Crippen molar-refractivity contribution in [1.29, 1.82) is 0 Å². The van der Waals surface area contributed by atoms with Crippen LogP contribution < -0.4 is 5.73 Å². The third kappa shape index (κ3) is 2.35. The lowest BCUT2D eigenvalue weighted by Crippen LogP contribution is -2.44. The molecule has 0 radical (unpaired) electrons. The molecule has 4 nitrogen and oxygen atoms in total. The Morgan fingerprint density at radius 3 is 2.53 bits per heavy atom. The monoisotopic (exact) mass is 304 g/mol. The number of nitrogens with two attached hydrogens (primary N) is 1. The first-order chi connectivity index (χ1) is 8.66. The fraction of sp³-hybridized carbons (Fsp3) is 0.333. The summed E-state index contributed by atoms with van der Waals surface area (Å²) in [6, 6.07) is 4.23. The van der Waals surface area contributed by atoms with Gasteiger partial charge in [0.25, 0.3) is 0 Å². The summed E-state index contributed by atoms with van der Waals surface area (Å²) in [5.74, 6) is -0.538. The van der Waals surface area contributed by atoms with Crippen molar-refractivity contribution in [1.82, 2.24) is 4.31 Å². The predicted octanol–water partition coefficient (Wildman–Crippen LogP) is 2.20. The zero-order valence-corrected chi connectivity index (χ0v) is 12.1. The summed E-state index contributed by atoms with van der Waals surface area (Å²) >= 11 is 5.92. The van der Waals surface area contributed by atoms with Gasteiger partial charge in [0, 0.05) is 22.8 Å². The molecule has 19 heavy (non-hydrogen) atoms. The van der Waals surface area contributed by atoms with E-state index < -0.39 is 21.4 Å². The topological polar surface area (TPSA) is 63.4 Å². The Hall–Kier alpha value is -1.11. The summed E-state index contributed by atoms with van der Waals surface area (Å²) in [6.45, 7) is 3.17. The lowest BCUT2D eigenvalue weighted by Gasteiger charge is -2.31. The summed E-state index contributed by atoms with van der Waals surface area (Å²) < 4.78 is 38.9. The van der Waals surface area contributed by atoms with Gasteiger partial charge < -0.3 is 5.73 Å². The van der Waals surface area contributed by atoms with Crippen LogP contribution in [-0.4, -0.2) is 18.3 Å². The van der Waals surface area contributed by atoms with Crippen LogP contribution in [-0.2, 0) is 16.6 Å². The van der Waals surface area contributed by atoms with E-state index in [1.807, 2.05) is 0 Å². The lowest BCUT2D eigenvalue weighted by molar-refractivity contribution is 0.269. The van der Waals surface area contributed by atoms with E-state index >= 15 is 0 Å². The van der Waals surface area contributed by atoms with Gasteiger partial charge in [-0.3, -0.25) is 0 Å². The second kappa shape index (κ2) is 4.47. The van der Waals surface area contributed by atoms with Crippen LogP contribution in [0.1, 0.15) is 19.4 Å². The van der Waals surface area contributed by atoms with E-state index in [-0.39, 0.29) is 22.8 Å². The van der Waals surface area contributed by atoms with Crippen LogP contribution in [0.3, 0.4) is 0 Å². The maximum Gasteiger partial charge on any atom is 0.239 e. The van der Waals surface area contributed by atoms with Gasteiger partial charge in [0.05, 0.1) is 10.9 Å². The van der Waals surface area contributed by atoms with Gasteiger partial charge in [-0.05, 0) is 26.0 Å². The molecule has 0 fully saturated rings. The SMILES string of the molecule is CC1(C)C(N)=CS(=O)(=O)N1Cc1c(F)cccc1Cl. The van der Waals surface area contributed by atoms with Gasteiger partial charge in [-0.2, -0.15) is 4.31 Å². The average molecular weight is 305 g/mol. The molecule has 0 amide bonds. The van der Waals surface area contributed by atoms with Gasteiger partial charge in [-0.1, -0.05) is 17.7 Å². The number of hydrogen-bond donors (Lipinski definition) is 1. The van der Waals surface area contributed by atoms with Crippen molar-refractivity contribution in [3.05, 3.63) is 45.7 Å². The second-order valence-electron chi connectivity index (χ2n) is 4.88. The van der Waals surface area contributed by atoms with Gasteiger partial charge >= 0.3 is 0 Å². The van der Waals surface area contributed by atoms with Crippen molar-refractivity contribution in [2.24, 2.45) is 5.73 Å². The highest BCUT2D eigenvalue weighted by Gasteiger charge is 2.44. The molecular formula is C12H14ClFN2O2S. The molecule has 0 bridgehead atoms. The van der Waals surface area contributed by atoms with E-state index in [9.17, 15) is 12.8 Å². The number of benzene rings is 1.